The number of thiazole rings is 1. The first-order valence-corrected chi connectivity index (χ1v) is 6.02. The molecule has 2 nitrogen and oxygen atoms in total. The molecule has 1 aromatic heterocycles. The second-order valence-corrected chi connectivity index (χ2v) is 4.76. The number of nitrogens with zero attached hydrogens (tertiary/aromatic N) is 1. The Morgan fingerprint density at radius 3 is 2.76 bits per heavy atom. The van der Waals surface area contributed by atoms with Gasteiger partial charge in [0.2, 0.25) is 0 Å². The normalized spacial score (nSPS) is 12.7. The van der Waals surface area contributed by atoms with Gasteiger partial charge in [0, 0.05) is 28.7 Å². The maximum absolute atomic E-state index is 13.5. The molecule has 0 aliphatic carbocycles. The summed E-state index contributed by atoms with van der Waals surface area (Å²) >= 11 is 1.40. The van der Waals surface area contributed by atoms with Gasteiger partial charge in [-0.3, -0.25) is 0 Å². The van der Waals surface area contributed by atoms with Gasteiger partial charge in [0.05, 0.1) is 0 Å². The van der Waals surface area contributed by atoms with Crippen molar-refractivity contribution < 1.29 is 8.78 Å². The van der Waals surface area contributed by atoms with Gasteiger partial charge in [0.25, 0.3) is 0 Å². The van der Waals surface area contributed by atoms with Gasteiger partial charge in [-0.2, -0.15) is 0 Å². The molecule has 0 spiro atoms. The number of nitrogens with one attached hydrogen (secondary N) is 1. The molecule has 0 aliphatic heterocycles. The van der Waals surface area contributed by atoms with Gasteiger partial charge >= 0.3 is 0 Å². The van der Waals surface area contributed by atoms with E-state index in [9.17, 15) is 8.78 Å². The molecule has 2 aromatic rings. The van der Waals surface area contributed by atoms with Gasteiger partial charge in [0.1, 0.15) is 16.6 Å². The number of halogens is 2. The lowest BCUT2D eigenvalue weighted by Crippen LogP contribution is -2.10. The summed E-state index contributed by atoms with van der Waals surface area (Å²) in [4.78, 5) is 5.18. The molecule has 0 bridgehead atoms. The first-order valence-electron chi connectivity index (χ1n) is 5.20. The summed E-state index contributed by atoms with van der Waals surface area (Å²) < 4.78 is 26.3. The summed E-state index contributed by atoms with van der Waals surface area (Å²) in [7, 11) is 1.85. The smallest absolute Gasteiger partial charge is 0.136 e. The van der Waals surface area contributed by atoms with Crippen molar-refractivity contribution in [2.24, 2.45) is 0 Å². The van der Waals surface area contributed by atoms with Crippen LogP contribution in [-0.2, 0) is 0 Å². The summed E-state index contributed by atoms with van der Waals surface area (Å²) in [6.45, 7) is 2.00. The SMILES string of the molecule is CNC(C)c1cnc(-c2ccc(F)cc2F)s1. The minimum atomic E-state index is -0.581. The van der Waals surface area contributed by atoms with Crippen molar-refractivity contribution in [1.29, 1.82) is 0 Å². The van der Waals surface area contributed by atoms with E-state index < -0.39 is 11.6 Å². The van der Waals surface area contributed by atoms with Crippen LogP contribution in [0.25, 0.3) is 10.6 Å². The molecule has 0 radical (unpaired) electrons. The van der Waals surface area contributed by atoms with Crippen molar-refractivity contribution in [3.05, 3.63) is 40.9 Å². The van der Waals surface area contributed by atoms with Crippen LogP contribution in [0.4, 0.5) is 8.78 Å². The van der Waals surface area contributed by atoms with Gasteiger partial charge in [-0.05, 0) is 26.1 Å². The van der Waals surface area contributed by atoms with Crippen molar-refractivity contribution >= 4 is 11.3 Å². The summed E-state index contributed by atoms with van der Waals surface area (Å²) in [5.74, 6) is -1.16. The summed E-state index contributed by atoms with van der Waals surface area (Å²) in [5.41, 5.74) is 0.339. The highest BCUT2D eigenvalue weighted by atomic mass is 32.1. The van der Waals surface area contributed by atoms with E-state index in [1.54, 1.807) is 6.20 Å². The van der Waals surface area contributed by atoms with Crippen LogP contribution in [0, 0.1) is 11.6 Å². The lowest BCUT2D eigenvalue weighted by atomic mass is 10.2. The Kier molecular flexibility index (Phi) is 3.49. The molecule has 1 unspecified atom stereocenters. The minimum Gasteiger partial charge on any atom is -0.312 e. The summed E-state index contributed by atoms with van der Waals surface area (Å²) in [6, 6.07) is 3.70. The number of aromatic nitrogens is 1. The van der Waals surface area contributed by atoms with E-state index in [4.69, 9.17) is 0 Å². The van der Waals surface area contributed by atoms with Crippen LogP contribution in [0.5, 0.6) is 0 Å². The third-order valence-electron chi connectivity index (χ3n) is 2.54. The lowest BCUT2D eigenvalue weighted by Gasteiger charge is -2.04. The molecule has 1 atom stereocenters. The molecule has 5 heteroatoms. The molecule has 0 fully saturated rings. The average molecular weight is 254 g/mol. The Bertz CT molecular complexity index is 525. The van der Waals surface area contributed by atoms with Crippen molar-refractivity contribution in [3.63, 3.8) is 0 Å². The van der Waals surface area contributed by atoms with E-state index in [-0.39, 0.29) is 6.04 Å². The van der Waals surface area contributed by atoms with Gasteiger partial charge in [-0.25, -0.2) is 13.8 Å². The Morgan fingerprint density at radius 2 is 2.12 bits per heavy atom. The molecule has 0 aliphatic rings. The topological polar surface area (TPSA) is 24.9 Å². The van der Waals surface area contributed by atoms with Crippen LogP contribution in [0.15, 0.2) is 24.4 Å². The zero-order valence-corrected chi connectivity index (χ0v) is 10.3. The van der Waals surface area contributed by atoms with E-state index in [2.05, 4.69) is 10.3 Å². The molecule has 17 heavy (non-hydrogen) atoms. The fourth-order valence-corrected chi connectivity index (χ4v) is 2.42. The van der Waals surface area contributed by atoms with E-state index in [0.29, 0.717) is 10.6 Å². The minimum absolute atomic E-state index is 0.171. The molecular formula is C12H12F2N2S. The predicted molar refractivity (Wildman–Crippen MR) is 64.9 cm³/mol. The fraction of sp³-hybridized carbons (Fsp3) is 0.250. The van der Waals surface area contributed by atoms with Crippen molar-refractivity contribution in [1.82, 2.24) is 10.3 Å². The second-order valence-electron chi connectivity index (χ2n) is 3.70. The van der Waals surface area contributed by atoms with Gasteiger partial charge in [-0.15, -0.1) is 11.3 Å². The zero-order chi connectivity index (χ0) is 12.4. The standard InChI is InChI=1S/C12H12F2N2S/c1-7(15-2)11-6-16-12(17-11)9-4-3-8(13)5-10(9)14/h3-7,15H,1-2H3. The van der Waals surface area contributed by atoms with Gasteiger partial charge in [0.15, 0.2) is 0 Å². The molecule has 90 valence electrons. The van der Waals surface area contributed by atoms with E-state index in [1.165, 1.54) is 23.5 Å². The third-order valence-corrected chi connectivity index (χ3v) is 3.76. The highest BCUT2D eigenvalue weighted by Crippen LogP contribution is 2.30. The van der Waals surface area contributed by atoms with Crippen molar-refractivity contribution in [2.75, 3.05) is 7.05 Å². The highest BCUT2D eigenvalue weighted by Gasteiger charge is 2.12. The van der Waals surface area contributed by atoms with Crippen LogP contribution >= 0.6 is 11.3 Å². The van der Waals surface area contributed by atoms with Crippen LogP contribution in [0.3, 0.4) is 0 Å². The van der Waals surface area contributed by atoms with E-state index in [0.717, 1.165) is 10.9 Å². The third kappa shape index (κ3) is 2.50. The first kappa shape index (κ1) is 12.1. The maximum atomic E-state index is 13.5. The number of rotatable bonds is 3. The Balaban J connectivity index is 2.37. The molecule has 1 heterocycles. The quantitative estimate of drug-likeness (QED) is 0.908. The lowest BCUT2D eigenvalue weighted by molar-refractivity contribution is 0.585. The Labute approximate surface area is 102 Å². The van der Waals surface area contributed by atoms with E-state index >= 15 is 0 Å². The number of hydrogen-bond acceptors (Lipinski definition) is 3. The average Bonchev–Trinajstić information content (AvgIpc) is 2.77. The largest absolute Gasteiger partial charge is 0.312 e. The molecule has 0 saturated heterocycles. The molecular weight excluding hydrogens is 242 g/mol. The Morgan fingerprint density at radius 1 is 1.35 bits per heavy atom. The van der Waals surface area contributed by atoms with Crippen molar-refractivity contribution in [3.8, 4) is 10.6 Å². The number of hydrogen-bond donors (Lipinski definition) is 1. The molecule has 1 N–H and O–H groups in total. The summed E-state index contributed by atoms with van der Waals surface area (Å²) in [5, 5.41) is 3.66. The maximum Gasteiger partial charge on any atom is 0.136 e. The van der Waals surface area contributed by atoms with Crippen molar-refractivity contribution in [2.45, 2.75) is 13.0 Å². The van der Waals surface area contributed by atoms with Gasteiger partial charge < -0.3 is 5.32 Å². The van der Waals surface area contributed by atoms with Gasteiger partial charge in [-0.1, -0.05) is 0 Å². The van der Waals surface area contributed by atoms with Crippen LogP contribution in [-0.4, -0.2) is 12.0 Å². The Hall–Kier alpha value is -1.33. The van der Waals surface area contributed by atoms with Crippen LogP contribution in [0.2, 0.25) is 0 Å². The number of benzene rings is 1. The monoisotopic (exact) mass is 254 g/mol. The highest BCUT2D eigenvalue weighted by molar-refractivity contribution is 7.15. The van der Waals surface area contributed by atoms with Crippen LogP contribution in [0.1, 0.15) is 17.8 Å². The van der Waals surface area contributed by atoms with Crippen LogP contribution < -0.4 is 5.32 Å². The first-order chi connectivity index (χ1) is 8.11. The zero-order valence-electron chi connectivity index (χ0n) is 9.50. The molecule has 2 rings (SSSR count). The second kappa shape index (κ2) is 4.89. The fourth-order valence-electron chi connectivity index (χ4n) is 1.42. The molecule has 0 amide bonds. The predicted octanol–water partition coefficient (Wildman–Crippen LogP) is 3.37. The molecule has 1 aromatic carbocycles. The van der Waals surface area contributed by atoms with E-state index in [1.807, 2.05) is 14.0 Å². The molecule has 0 saturated carbocycles. The summed E-state index contributed by atoms with van der Waals surface area (Å²) in [6.07, 6.45) is 1.71.